The summed E-state index contributed by atoms with van der Waals surface area (Å²) in [5.41, 5.74) is -1.11. The molecule has 0 saturated carbocycles. The predicted molar refractivity (Wildman–Crippen MR) is 97.1 cm³/mol. The number of hydrogen-bond donors (Lipinski definition) is 2. The van der Waals surface area contributed by atoms with Gasteiger partial charge in [0.2, 0.25) is 0 Å². The SMILES string of the molecule is CN(CCN1CCNCC1)CC(O)(Cn1cncn1)c1ccccc1F. The van der Waals surface area contributed by atoms with Gasteiger partial charge in [-0.2, -0.15) is 5.10 Å². The van der Waals surface area contributed by atoms with E-state index in [9.17, 15) is 9.50 Å². The number of hydrogen-bond acceptors (Lipinski definition) is 6. The maximum atomic E-state index is 14.4. The topological polar surface area (TPSA) is 69.4 Å². The van der Waals surface area contributed by atoms with Crippen molar-refractivity contribution in [1.82, 2.24) is 29.9 Å². The van der Waals surface area contributed by atoms with Gasteiger partial charge in [-0.3, -0.25) is 4.90 Å². The van der Waals surface area contributed by atoms with Crippen molar-refractivity contribution in [3.8, 4) is 0 Å². The van der Waals surface area contributed by atoms with Crippen molar-refractivity contribution in [2.24, 2.45) is 0 Å². The van der Waals surface area contributed by atoms with Crippen LogP contribution in [0.4, 0.5) is 4.39 Å². The van der Waals surface area contributed by atoms with Crippen LogP contribution in [-0.2, 0) is 12.1 Å². The zero-order chi connectivity index (χ0) is 18.4. The van der Waals surface area contributed by atoms with Crippen molar-refractivity contribution in [3.63, 3.8) is 0 Å². The van der Waals surface area contributed by atoms with E-state index in [0.717, 1.165) is 39.3 Å². The Morgan fingerprint density at radius 2 is 2.08 bits per heavy atom. The minimum absolute atomic E-state index is 0.145. The van der Waals surface area contributed by atoms with Crippen LogP contribution in [0.15, 0.2) is 36.9 Å². The van der Waals surface area contributed by atoms with Gasteiger partial charge in [-0.15, -0.1) is 0 Å². The van der Waals surface area contributed by atoms with Gasteiger partial charge in [0.1, 0.15) is 24.1 Å². The lowest BCUT2D eigenvalue weighted by molar-refractivity contribution is -0.0172. The summed E-state index contributed by atoms with van der Waals surface area (Å²) in [4.78, 5) is 8.36. The maximum Gasteiger partial charge on any atom is 0.137 e. The zero-order valence-corrected chi connectivity index (χ0v) is 15.2. The molecule has 1 unspecified atom stereocenters. The minimum atomic E-state index is -1.39. The van der Waals surface area contributed by atoms with Gasteiger partial charge in [0.15, 0.2) is 0 Å². The van der Waals surface area contributed by atoms with Crippen molar-refractivity contribution >= 4 is 0 Å². The molecule has 1 fully saturated rings. The minimum Gasteiger partial charge on any atom is -0.382 e. The second-order valence-electron chi connectivity index (χ2n) is 6.93. The Kier molecular flexibility index (Phi) is 6.31. The molecule has 8 heteroatoms. The molecule has 2 aromatic rings. The summed E-state index contributed by atoms with van der Waals surface area (Å²) in [7, 11) is 1.95. The van der Waals surface area contributed by atoms with Crippen molar-refractivity contribution in [2.75, 3.05) is 52.9 Å². The molecular weight excluding hydrogens is 335 g/mol. The summed E-state index contributed by atoms with van der Waals surface area (Å²) < 4.78 is 15.9. The third-order valence-corrected chi connectivity index (χ3v) is 4.80. The van der Waals surface area contributed by atoms with E-state index in [2.05, 4.69) is 20.3 Å². The maximum absolute atomic E-state index is 14.4. The molecule has 2 heterocycles. The average Bonchev–Trinajstić information content (AvgIpc) is 3.14. The summed E-state index contributed by atoms with van der Waals surface area (Å²) in [6.07, 6.45) is 2.95. The molecule has 0 bridgehead atoms. The molecule has 1 atom stereocenters. The monoisotopic (exact) mass is 362 g/mol. The average molecular weight is 362 g/mol. The first-order valence-corrected chi connectivity index (χ1v) is 8.98. The van der Waals surface area contributed by atoms with Crippen LogP contribution >= 0.6 is 0 Å². The Labute approximate surface area is 153 Å². The second kappa shape index (κ2) is 8.68. The largest absolute Gasteiger partial charge is 0.382 e. The van der Waals surface area contributed by atoms with Crippen LogP contribution < -0.4 is 5.32 Å². The van der Waals surface area contributed by atoms with E-state index in [0.29, 0.717) is 6.54 Å². The number of nitrogens with zero attached hydrogens (tertiary/aromatic N) is 5. The van der Waals surface area contributed by atoms with E-state index in [1.54, 1.807) is 18.2 Å². The van der Waals surface area contributed by atoms with E-state index in [1.165, 1.54) is 23.4 Å². The van der Waals surface area contributed by atoms with Gasteiger partial charge in [-0.25, -0.2) is 14.1 Å². The molecule has 1 aliphatic rings. The molecule has 3 rings (SSSR count). The third kappa shape index (κ3) is 4.85. The van der Waals surface area contributed by atoms with Crippen LogP contribution in [0.1, 0.15) is 5.56 Å². The van der Waals surface area contributed by atoms with Gasteiger partial charge >= 0.3 is 0 Å². The van der Waals surface area contributed by atoms with Gasteiger partial charge in [0.25, 0.3) is 0 Å². The molecule has 1 saturated heterocycles. The lowest BCUT2D eigenvalue weighted by Crippen LogP contribution is -2.48. The predicted octanol–water partition coefficient (Wildman–Crippen LogP) is 0.142. The summed E-state index contributed by atoms with van der Waals surface area (Å²) >= 11 is 0. The first kappa shape index (κ1) is 18.9. The lowest BCUT2D eigenvalue weighted by atomic mass is 9.92. The fraction of sp³-hybridized carbons (Fsp3) is 0.556. The molecule has 1 aromatic heterocycles. The first-order valence-electron chi connectivity index (χ1n) is 8.98. The van der Waals surface area contributed by atoms with Crippen LogP contribution in [-0.4, -0.2) is 82.5 Å². The van der Waals surface area contributed by atoms with E-state index in [1.807, 2.05) is 11.9 Å². The summed E-state index contributed by atoms with van der Waals surface area (Å²) in [5, 5.41) is 18.8. The molecule has 0 radical (unpaired) electrons. The van der Waals surface area contributed by atoms with Crippen molar-refractivity contribution in [2.45, 2.75) is 12.1 Å². The molecule has 0 amide bonds. The Bertz CT molecular complexity index is 676. The molecule has 1 aromatic carbocycles. The molecule has 2 N–H and O–H groups in total. The van der Waals surface area contributed by atoms with Crippen LogP contribution in [0.5, 0.6) is 0 Å². The Hall–Kier alpha value is -1.87. The second-order valence-corrected chi connectivity index (χ2v) is 6.93. The van der Waals surface area contributed by atoms with E-state index in [4.69, 9.17) is 0 Å². The first-order chi connectivity index (χ1) is 12.6. The van der Waals surface area contributed by atoms with E-state index < -0.39 is 11.4 Å². The normalized spacial score (nSPS) is 18.2. The fourth-order valence-corrected chi connectivity index (χ4v) is 3.41. The number of benzene rings is 1. The highest BCUT2D eigenvalue weighted by Crippen LogP contribution is 2.26. The molecular formula is C18H27FN6O. The van der Waals surface area contributed by atoms with Crippen LogP contribution in [0.3, 0.4) is 0 Å². The van der Waals surface area contributed by atoms with Gasteiger partial charge in [-0.05, 0) is 13.1 Å². The summed E-state index contributed by atoms with van der Waals surface area (Å²) in [6.45, 7) is 6.26. The summed E-state index contributed by atoms with van der Waals surface area (Å²) in [5.74, 6) is -0.411. The Morgan fingerprint density at radius 1 is 1.31 bits per heavy atom. The highest BCUT2D eigenvalue weighted by atomic mass is 19.1. The quantitative estimate of drug-likeness (QED) is 0.696. The molecule has 26 heavy (non-hydrogen) atoms. The van der Waals surface area contributed by atoms with Crippen molar-refractivity contribution in [3.05, 3.63) is 48.3 Å². The highest BCUT2D eigenvalue weighted by Gasteiger charge is 2.34. The van der Waals surface area contributed by atoms with Crippen molar-refractivity contribution < 1.29 is 9.50 Å². The zero-order valence-electron chi connectivity index (χ0n) is 15.2. The fourth-order valence-electron chi connectivity index (χ4n) is 3.41. The van der Waals surface area contributed by atoms with Gasteiger partial charge in [0.05, 0.1) is 6.54 Å². The number of rotatable bonds is 8. The number of piperazine rings is 1. The van der Waals surface area contributed by atoms with Gasteiger partial charge in [0, 0.05) is 51.4 Å². The van der Waals surface area contributed by atoms with Crippen LogP contribution in [0.2, 0.25) is 0 Å². The lowest BCUT2D eigenvalue weighted by Gasteiger charge is -2.34. The highest BCUT2D eigenvalue weighted by molar-refractivity contribution is 5.24. The van der Waals surface area contributed by atoms with E-state index >= 15 is 0 Å². The molecule has 0 spiro atoms. The van der Waals surface area contributed by atoms with E-state index in [-0.39, 0.29) is 12.1 Å². The Morgan fingerprint density at radius 3 is 2.77 bits per heavy atom. The van der Waals surface area contributed by atoms with Crippen LogP contribution in [0, 0.1) is 5.82 Å². The van der Waals surface area contributed by atoms with Gasteiger partial charge in [-0.1, -0.05) is 18.2 Å². The molecule has 7 nitrogen and oxygen atoms in total. The molecule has 1 aliphatic heterocycles. The van der Waals surface area contributed by atoms with Crippen LogP contribution in [0.25, 0.3) is 0 Å². The number of halogens is 1. The third-order valence-electron chi connectivity index (χ3n) is 4.80. The molecule has 142 valence electrons. The number of aromatic nitrogens is 3. The molecule has 0 aliphatic carbocycles. The van der Waals surface area contributed by atoms with Crippen molar-refractivity contribution in [1.29, 1.82) is 0 Å². The Balaban J connectivity index is 1.69. The smallest absolute Gasteiger partial charge is 0.137 e. The standard InChI is InChI=1S/C18H27FN6O/c1-23(10-11-24-8-6-20-7-9-24)12-18(26,13-25-15-21-14-22-25)16-4-2-3-5-17(16)19/h2-5,14-15,20,26H,6-13H2,1H3. The number of likely N-dealkylation sites (N-methyl/N-ethyl adjacent to an activating group) is 1. The summed E-state index contributed by atoms with van der Waals surface area (Å²) in [6, 6.07) is 6.38. The van der Waals surface area contributed by atoms with Gasteiger partial charge < -0.3 is 15.3 Å². The number of nitrogens with one attached hydrogen (secondary N) is 1. The number of aliphatic hydroxyl groups is 1.